The number of aliphatic hydroxyl groups is 1. The average molecular weight is 334 g/mol. The van der Waals surface area contributed by atoms with Crippen molar-refractivity contribution < 1.29 is 9.84 Å². The fourth-order valence-corrected chi connectivity index (χ4v) is 1.97. The van der Waals surface area contributed by atoms with Crippen molar-refractivity contribution >= 4 is 27.4 Å². The first kappa shape index (κ1) is 14.3. The van der Waals surface area contributed by atoms with E-state index >= 15 is 0 Å². The predicted octanol–water partition coefficient (Wildman–Crippen LogP) is 2.83. The number of nitriles is 1. The maximum Gasteiger partial charge on any atom is 0.144 e. The van der Waals surface area contributed by atoms with Crippen molar-refractivity contribution in [3.63, 3.8) is 0 Å². The van der Waals surface area contributed by atoms with Crippen molar-refractivity contribution in [3.05, 3.63) is 46.6 Å². The van der Waals surface area contributed by atoms with Crippen LogP contribution in [0.3, 0.4) is 0 Å². The zero-order valence-corrected chi connectivity index (χ0v) is 12.1. The van der Waals surface area contributed by atoms with Gasteiger partial charge in [0.15, 0.2) is 0 Å². The normalized spacial score (nSPS) is 9.85. The third-order valence-corrected chi connectivity index (χ3v) is 3.05. The quantitative estimate of drug-likeness (QED) is 0.879. The zero-order chi connectivity index (χ0) is 14.4. The summed E-state index contributed by atoms with van der Waals surface area (Å²) in [6, 6.07) is 11.0. The predicted molar refractivity (Wildman–Crippen MR) is 79.0 cm³/mol. The molecule has 0 fully saturated rings. The summed E-state index contributed by atoms with van der Waals surface area (Å²) in [5.41, 5.74) is 1.34. The van der Waals surface area contributed by atoms with Crippen molar-refractivity contribution in [2.24, 2.45) is 0 Å². The van der Waals surface area contributed by atoms with Gasteiger partial charge in [0.25, 0.3) is 0 Å². The van der Waals surface area contributed by atoms with Crippen LogP contribution in [0.2, 0.25) is 0 Å². The molecule has 1 aromatic carbocycles. The smallest absolute Gasteiger partial charge is 0.144 e. The van der Waals surface area contributed by atoms with Crippen molar-refractivity contribution in [3.8, 4) is 11.8 Å². The number of nitrogens with one attached hydrogen (secondary N) is 1. The van der Waals surface area contributed by atoms with Crippen LogP contribution >= 0.6 is 15.9 Å². The van der Waals surface area contributed by atoms with Crippen LogP contribution in [0.1, 0.15) is 5.56 Å². The number of rotatable bonds is 5. The van der Waals surface area contributed by atoms with Gasteiger partial charge in [-0.1, -0.05) is 0 Å². The molecule has 0 aliphatic rings. The summed E-state index contributed by atoms with van der Waals surface area (Å²) in [4.78, 5) is 4.17. The topological polar surface area (TPSA) is 78.2 Å². The van der Waals surface area contributed by atoms with Crippen LogP contribution in [0.5, 0.6) is 5.75 Å². The van der Waals surface area contributed by atoms with Crippen molar-refractivity contribution in [1.82, 2.24) is 4.98 Å². The lowest BCUT2D eigenvalue weighted by molar-refractivity contribution is 0.201. The largest absolute Gasteiger partial charge is 0.491 e. The summed E-state index contributed by atoms with van der Waals surface area (Å²) in [6.45, 7) is 0.262. The summed E-state index contributed by atoms with van der Waals surface area (Å²) < 4.78 is 6.00. The summed E-state index contributed by atoms with van der Waals surface area (Å²) >= 11 is 3.37. The molecule has 0 aliphatic heterocycles. The molecule has 0 amide bonds. The molecule has 0 unspecified atom stereocenters. The van der Waals surface area contributed by atoms with Gasteiger partial charge in [0.1, 0.15) is 24.2 Å². The molecule has 0 spiro atoms. The van der Waals surface area contributed by atoms with Gasteiger partial charge in [0, 0.05) is 11.9 Å². The molecule has 2 rings (SSSR count). The maximum atomic E-state index is 8.78. The molecule has 1 heterocycles. The number of pyridine rings is 1. The summed E-state index contributed by atoms with van der Waals surface area (Å²) in [6.07, 6.45) is 1.51. The van der Waals surface area contributed by atoms with Crippen LogP contribution in [0, 0.1) is 11.3 Å². The molecule has 1 aromatic heterocycles. The highest BCUT2D eigenvalue weighted by Gasteiger charge is 2.04. The summed E-state index contributed by atoms with van der Waals surface area (Å²) in [5.74, 6) is 1.32. The highest BCUT2D eigenvalue weighted by Crippen LogP contribution is 2.25. The van der Waals surface area contributed by atoms with Crippen LogP contribution in [-0.2, 0) is 0 Å². The van der Waals surface area contributed by atoms with Crippen molar-refractivity contribution in [1.29, 1.82) is 5.26 Å². The van der Waals surface area contributed by atoms with Gasteiger partial charge in [-0.25, -0.2) is 4.98 Å². The van der Waals surface area contributed by atoms with Crippen LogP contribution < -0.4 is 10.1 Å². The second kappa shape index (κ2) is 6.89. The maximum absolute atomic E-state index is 8.78. The van der Waals surface area contributed by atoms with Crippen molar-refractivity contribution in [2.75, 3.05) is 18.5 Å². The Kier molecular flexibility index (Phi) is 4.93. The molecular weight excluding hydrogens is 322 g/mol. The van der Waals surface area contributed by atoms with Crippen LogP contribution in [-0.4, -0.2) is 23.3 Å². The standard InChI is InChI=1S/C14H12BrN3O2/c15-13-7-10(8-16)9-17-14(13)18-11-1-3-12(4-2-11)20-6-5-19/h1-4,7,9,19H,5-6H2,(H,17,18). The number of nitrogens with zero attached hydrogens (tertiary/aromatic N) is 2. The SMILES string of the molecule is N#Cc1cnc(Nc2ccc(OCCO)cc2)c(Br)c1. The van der Waals surface area contributed by atoms with Gasteiger partial charge in [-0.05, 0) is 46.3 Å². The molecule has 102 valence electrons. The summed E-state index contributed by atoms with van der Waals surface area (Å²) in [5, 5.41) is 20.6. The van der Waals surface area contributed by atoms with E-state index in [9.17, 15) is 0 Å². The Morgan fingerprint density at radius 2 is 2.10 bits per heavy atom. The number of ether oxygens (including phenoxy) is 1. The second-order valence-corrected chi connectivity index (χ2v) is 4.74. The molecule has 0 saturated heterocycles. The van der Waals surface area contributed by atoms with Crippen LogP contribution in [0.4, 0.5) is 11.5 Å². The fraction of sp³-hybridized carbons (Fsp3) is 0.143. The Bertz CT molecular complexity index is 623. The molecule has 6 heteroatoms. The zero-order valence-electron chi connectivity index (χ0n) is 10.5. The number of hydrogen-bond acceptors (Lipinski definition) is 5. The monoisotopic (exact) mass is 333 g/mol. The Labute approximate surface area is 125 Å². The van der Waals surface area contributed by atoms with E-state index in [4.69, 9.17) is 15.1 Å². The van der Waals surface area contributed by atoms with Crippen molar-refractivity contribution in [2.45, 2.75) is 0 Å². The Morgan fingerprint density at radius 3 is 2.70 bits per heavy atom. The third kappa shape index (κ3) is 3.70. The lowest BCUT2D eigenvalue weighted by Crippen LogP contribution is -2.01. The van der Waals surface area contributed by atoms with Gasteiger partial charge in [-0.3, -0.25) is 0 Å². The molecule has 0 bridgehead atoms. The minimum Gasteiger partial charge on any atom is -0.491 e. The van der Waals surface area contributed by atoms with Gasteiger partial charge in [-0.15, -0.1) is 0 Å². The van der Waals surface area contributed by atoms with E-state index < -0.39 is 0 Å². The number of anilines is 2. The Hall–Kier alpha value is -2.10. The first-order valence-corrected chi connectivity index (χ1v) is 6.68. The van der Waals surface area contributed by atoms with E-state index in [0.717, 1.165) is 10.2 Å². The first-order chi connectivity index (χ1) is 9.72. The highest BCUT2D eigenvalue weighted by molar-refractivity contribution is 9.10. The van der Waals surface area contributed by atoms with Crippen LogP contribution in [0.25, 0.3) is 0 Å². The number of aliphatic hydroxyl groups excluding tert-OH is 1. The molecule has 0 atom stereocenters. The molecule has 0 aliphatic carbocycles. The number of halogens is 1. The minimum absolute atomic E-state index is 0.0118. The van der Waals surface area contributed by atoms with E-state index in [-0.39, 0.29) is 13.2 Å². The van der Waals surface area contributed by atoms with Gasteiger partial charge in [0.05, 0.1) is 16.6 Å². The molecule has 5 nitrogen and oxygen atoms in total. The summed E-state index contributed by atoms with van der Waals surface area (Å²) in [7, 11) is 0. The van der Waals surface area contributed by atoms with E-state index in [1.165, 1.54) is 6.20 Å². The fourth-order valence-electron chi connectivity index (χ4n) is 1.53. The van der Waals surface area contributed by atoms with E-state index in [0.29, 0.717) is 17.1 Å². The lowest BCUT2D eigenvalue weighted by Gasteiger charge is -2.09. The van der Waals surface area contributed by atoms with Crippen LogP contribution in [0.15, 0.2) is 41.0 Å². The number of aromatic nitrogens is 1. The second-order valence-electron chi connectivity index (χ2n) is 3.89. The molecule has 0 saturated carbocycles. The first-order valence-electron chi connectivity index (χ1n) is 5.89. The molecule has 2 aromatic rings. The van der Waals surface area contributed by atoms with Gasteiger partial charge >= 0.3 is 0 Å². The van der Waals surface area contributed by atoms with E-state index in [2.05, 4.69) is 26.2 Å². The van der Waals surface area contributed by atoms with E-state index in [1.807, 2.05) is 18.2 Å². The molecule has 0 radical (unpaired) electrons. The molecule has 2 N–H and O–H groups in total. The van der Waals surface area contributed by atoms with Gasteiger partial charge in [-0.2, -0.15) is 5.26 Å². The molecular formula is C14H12BrN3O2. The average Bonchev–Trinajstić information content (AvgIpc) is 2.48. The third-order valence-electron chi connectivity index (χ3n) is 2.45. The Balaban J connectivity index is 2.08. The number of hydrogen-bond donors (Lipinski definition) is 2. The highest BCUT2D eigenvalue weighted by atomic mass is 79.9. The van der Waals surface area contributed by atoms with Gasteiger partial charge in [0.2, 0.25) is 0 Å². The molecule has 20 heavy (non-hydrogen) atoms. The van der Waals surface area contributed by atoms with E-state index in [1.54, 1.807) is 18.2 Å². The minimum atomic E-state index is -0.0118. The lowest BCUT2D eigenvalue weighted by atomic mass is 10.3. The van der Waals surface area contributed by atoms with Gasteiger partial charge < -0.3 is 15.2 Å². The Morgan fingerprint density at radius 1 is 1.35 bits per heavy atom. The number of benzene rings is 1.